The van der Waals surface area contributed by atoms with Crippen molar-refractivity contribution in [1.29, 1.82) is 0 Å². The van der Waals surface area contributed by atoms with Crippen molar-refractivity contribution in [2.24, 2.45) is 0 Å². The molecule has 140 valence electrons. The highest BCUT2D eigenvalue weighted by molar-refractivity contribution is 7.89. The number of carbonyl (C=O) groups excluding carboxylic acids is 1. The minimum Gasteiger partial charge on any atom is -0.346 e. The van der Waals surface area contributed by atoms with Crippen molar-refractivity contribution in [3.63, 3.8) is 0 Å². The number of nitrogens with one attached hydrogen (secondary N) is 1. The molecule has 1 fully saturated rings. The molecule has 1 saturated heterocycles. The first-order chi connectivity index (χ1) is 12.4. The van der Waals surface area contributed by atoms with Crippen LogP contribution in [-0.2, 0) is 16.6 Å². The zero-order valence-corrected chi connectivity index (χ0v) is 16.6. The number of piperidine rings is 1. The fraction of sp³-hybridized carbons (Fsp3) is 0.444. The van der Waals surface area contributed by atoms with Gasteiger partial charge in [-0.1, -0.05) is 12.5 Å². The van der Waals surface area contributed by atoms with Crippen molar-refractivity contribution in [3.05, 3.63) is 45.4 Å². The van der Waals surface area contributed by atoms with Gasteiger partial charge in [-0.2, -0.15) is 4.31 Å². The first kappa shape index (κ1) is 19.0. The van der Waals surface area contributed by atoms with Crippen LogP contribution >= 0.6 is 11.3 Å². The van der Waals surface area contributed by atoms with E-state index in [1.54, 1.807) is 19.1 Å². The van der Waals surface area contributed by atoms with E-state index in [4.69, 9.17) is 0 Å². The topological polar surface area (TPSA) is 79.4 Å². The van der Waals surface area contributed by atoms with Crippen LogP contribution < -0.4 is 5.32 Å². The average molecular weight is 394 g/mol. The molecule has 0 bridgehead atoms. The molecule has 1 aromatic carbocycles. The summed E-state index contributed by atoms with van der Waals surface area (Å²) in [5.41, 5.74) is 1.92. The minimum absolute atomic E-state index is 0.220. The first-order valence-electron chi connectivity index (χ1n) is 8.68. The highest BCUT2D eigenvalue weighted by atomic mass is 32.2. The van der Waals surface area contributed by atoms with Gasteiger partial charge in [0, 0.05) is 29.7 Å². The molecule has 6 nitrogen and oxygen atoms in total. The predicted molar refractivity (Wildman–Crippen MR) is 102 cm³/mol. The van der Waals surface area contributed by atoms with Gasteiger partial charge in [-0.05, 0) is 44.4 Å². The number of benzene rings is 1. The van der Waals surface area contributed by atoms with Gasteiger partial charge in [0.1, 0.15) is 5.01 Å². The van der Waals surface area contributed by atoms with Crippen molar-refractivity contribution < 1.29 is 13.2 Å². The summed E-state index contributed by atoms with van der Waals surface area (Å²) in [6.45, 7) is 5.08. The highest BCUT2D eigenvalue weighted by Crippen LogP contribution is 2.24. The van der Waals surface area contributed by atoms with E-state index >= 15 is 0 Å². The van der Waals surface area contributed by atoms with Gasteiger partial charge in [0.15, 0.2) is 0 Å². The lowest BCUT2D eigenvalue weighted by atomic mass is 10.1. The van der Waals surface area contributed by atoms with Crippen LogP contribution in [0.5, 0.6) is 0 Å². The highest BCUT2D eigenvalue weighted by Gasteiger charge is 2.28. The smallest absolute Gasteiger partial charge is 0.251 e. The lowest BCUT2D eigenvalue weighted by Crippen LogP contribution is -2.36. The quantitative estimate of drug-likeness (QED) is 0.847. The Labute approximate surface area is 158 Å². The van der Waals surface area contributed by atoms with Gasteiger partial charge in [0.25, 0.3) is 5.91 Å². The van der Waals surface area contributed by atoms with Crippen LogP contribution in [0.4, 0.5) is 0 Å². The number of hydrogen-bond donors (Lipinski definition) is 1. The van der Waals surface area contributed by atoms with Crippen LogP contribution in [0, 0.1) is 13.8 Å². The van der Waals surface area contributed by atoms with E-state index < -0.39 is 10.0 Å². The zero-order valence-electron chi connectivity index (χ0n) is 15.0. The number of carbonyl (C=O) groups is 1. The molecule has 8 heteroatoms. The van der Waals surface area contributed by atoms with E-state index in [1.807, 2.05) is 12.3 Å². The number of nitrogens with zero attached hydrogens (tertiary/aromatic N) is 2. The summed E-state index contributed by atoms with van der Waals surface area (Å²) in [7, 11) is -3.57. The lowest BCUT2D eigenvalue weighted by Gasteiger charge is -2.26. The molecular weight excluding hydrogens is 370 g/mol. The van der Waals surface area contributed by atoms with Gasteiger partial charge < -0.3 is 5.32 Å². The molecule has 1 aliphatic rings. The molecule has 1 N–H and O–H groups in total. The van der Waals surface area contributed by atoms with E-state index in [0.29, 0.717) is 30.8 Å². The van der Waals surface area contributed by atoms with Crippen LogP contribution in [0.2, 0.25) is 0 Å². The van der Waals surface area contributed by atoms with Gasteiger partial charge >= 0.3 is 0 Å². The van der Waals surface area contributed by atoms with Gasteiger partial charge in [-0.15, -0.1) is 11.3 Å². The SMILES string of the molecule is Cc1csc(CNC(=O)c2ccc(C)c(S(=O)(=O)N3CCCCC3)c2)n1. The Balaban J connectivity index is 1.79. The number of hydrogen-bond acceptors (Lipinski definition) is 5. The molecule has 2 heterocycles. The lowest BCUT2D eigenvalue weighted by molar-refractivity contribution is 0.0950. The maximum Gasteiger partial charge on any atom is 0.251 e. The van der Waals surface area contributed by atoms with Gasteiger partial charge in [-0.3, -0.25) is 4.79 Å². The molecule has 0 atom stereocenters. The summed E-state index contributed by atoms with van der Waals surface area (Å²) in [6.07, 6.45) is 2.82. The Morgan fingerprint density at radius 1 is 1.23 bits per heavy atom. The molecule has 0 aliphatic carbocycles. The molecule has 2 aromatic rings. The summed E-state index contributed by atoms with van der Waals surface area (Å²) in [4.78, 5) is 17.0. The zero-order chi connectivity index (χ0) is 18.7. The van der Waals surface area contributed by atoms with Crippen molar-refractivity contribution in [1.82, 2.24) is 14.6 Å². The number of rotatable bonds is 5. The second-order valence-corrected chi connectivity index (χ2v) is 9.36. The number of aromatic nitrogens is 1. The summed E-state index contributed by atoms with van der Waals surface area (Å²) in [5.74, 6) is -0.298. The fourth-order valence-corrected chi connectivity index (χ4v) is 5.48. The summed E-state index contributed by atoms with van der Waals surface area (Å²) in [5, 5.41) is 5.56. The number of amides is 1. The molecule has 0 unspecified atom stereocenters. The third kappa shape index (κ3) is 4.13. The van der Waals surface area contributed by atoms with Crippen LogP contribution in [0.1, 0.15) is 45.9 Å². The molecule has 1 amide bonds. The Kier molecular flexibility index (Phi) is 5.74. The van der Waals surface area contributed by atoms with E-state index in [1.165, 1.54) is 21.7 Å². The van der Waals surface area contributed by atoms with Crippen LogP contribution in [0.15, 0.2) is 28.5 Å². The van der Waals surface area contributed by atoms with Gasteiger partial charge in [-0.25, -0.2) is 13.4 Å². The third-order valence-corrected chi connectivity index (χ3v) is 7.46. The van der Waals surface area contributed by atoms with E-state index in [2.05, 4.69) is 10.3 Å². The summed E-state index contributed by atoms with van der Waals surface area (Å²) in [6, 6.07) is 4.84. The van der Waals surface area contributed by atoms with Crippen molar-refractivity contribution >= 4 is 27.3 Å². The molecular formula is C18H23N3O3S2. The third-order valence-electron chi connectivity index (χ3n) is 4.45. The number of aryl methyl sites for hydroxylation is 2. The predicted octanol–water partition coefficient (Wildman–Crippen LogP) is 2.86. The molecule has 0 spiro atoms. The van der Waals surface area contributed by atoms with Crippen LogP contribution in [-0.4, -0.2) is 36.7 Å². The molecule has 1 aromatic heterocycles. The number of sulfonamides is 1. The average Bonchev–Trinajstić information content (AvgIpc) is 3.06. The Morgan fingerprint density at radius 2 is 1.96 bits per heavy atom. The molecule has 26 heavy (non-hydrogen) atoms. The largest absolute Gasteiger partial charge is 0.346 e. The first-order valence-corrected chi connectivity index (χ1v) is 11.0. The molecule has 0 saturated carbocycles. The maximum atomic E-state index is 13.0. The number of thiazole rings is 1. The van der Waals surface area contributed by atoms with Crippen LogP contribution in [0.3, 0.4) is 0 Å². The second-order valence-electron chi connectivity index (χ2n) is 6.51. The van der Waals surface area contributed by atoms with E-state index in [-0.39, 0.29) is 10.8 Å². The summed E-state index contributed by atoms with van der Waals surface area (Å²) < 4.78 is 27.4. The molecule has 3 rings (SSSR count). The van der Waals surface area contributed by atoms with Crippen molar-refractivity contribution in [3.8, 4) is 0 Å². The standard InChI is InChI=1S/C18H23N3O3S2/c1-13-6-7-15(18(22)19-11-17-20-14(2)12-25-17)10-16(13)26(23,24)21-8-4-3-5-9-21/h6-7,10,12H,3-5,8-9,11H2,1-2H3,(H,19,22). The molecule has 1 aliphatic heterocycles. The van der Waals surface area contributed by atoms with E-state index in [9.17, 15) is 13.2 Å². The normalized spacial score (nSPS) is 15.8. The monoisotopic (exact) mass is 393 g/mol. The van der Waals surface area contributed by atoms with Crippen molar-refractivity contribution in [2.45, 2.75) is 44.6 Å². The van der Waals surface area contributed by atoms with Gasteiger partial charge in [0.2, 0.25) is 10.0 Å². The van der Waals surface area contributed by atoms with Crippen molar-refractivity contribution in [2.75, 3.05) is 13.1 Å². The van der Waals surface area contributed by atoms with Crippen LogP contribution in [0.25, 0.3) is 0 Å². The fourth-order valence-electron chi connectivity index (χ4n) is 3.01. The Hall–Kier alpha value is -1.77. The second kappa shape index (κ2) is 7.85. The molecule has 0 radical (unpaired) electrons. The van der Waals surface area contributed by atoms with E-state index in [0.717, 1.165) is 30.0 Å². The summed E-state index contributed by atoms with van der Waals surface area (Å²) >= 11 is 1.49. The minimum atomic E-state index is -3.57. The maximum absolute atomic E-state index is 13.0. The Bertz CT molecular complexity index is 900. The van der Waals surface area contributed by atoms with Gasteiger partial charge in [0.05, 0.1) is 11.4 Å². The Morgan fingerprint density at radius 3 is 2.62 bits per heavy atom.